The zero-order valence-electron chi connectivity index (χ0n) is 12.7. The summed E-state index contributed by atoms with van der Waals surface area (Å²) in [6, 6.07) is 7.92. The van der Waals surface area contributed by atoms with E-state index in [1.165, 1.54) is 11.3 Å². The van der Waals surface area contributed by atoms with Gasteiger partial charge in [0.2, 0.25) is 0 Å². The molecule has 1 fully saturated rings. The fourth-order valence-corrected chi connectivity index (χ4v) is 3.87. The smallest absolute Gasteiger partial charge is 0.271 e. The molecular weight excluding hydrogens is 312 g/mol. The van der Waals surface area contributed by atoms with Crippen molar-refractivity contribution < 1.29 is 14.3 Å². The van der Waals surface area contributed by atoms with E-state index in [4.69, 9.17) is 9.47 Å². The molecule has 1 aromatic carbocycles. The van der Waals surface area contributed by atoms with E-state index in [1.54, 1.807) is 0 Å². The normalized spacial score (nSPS) is 23.1. The van der Waals surface area contributed by atoms with Gasteiger partial charge in [0.05, 0.1) is 6.04 Å². The summed E-state index contributed by atoms with van der Waals surface area (Å²) in [6.45, 7) is 1.27. The maximum Gasteiger partial charge on any atom is 0.271 e. The van der Waals surface area contributed by atoms with Gasteiger partial charge in [0.25, 0.3) is 5.91 Å². The zero-order valence-corrected chi connectivity index (χ0v) is 13.5. The molecule has 1 saturated heterocycles. The van der Waals surface area contributed by atoms with E-state index in [0.29, 0.717) is 12.3 Å². The molecule has 2 aliphatic rings. The highest BCUT2D eigenvalue weighted by Gasteiger charge is 2.25. The average Bonchev–Trinajstić information content (AvgIpc) is 3.26. The minimum Gasteiger partial charge on any atom is -0.491 e. The number of hydrogen-bond acceptors (Lipinski definition) is 5. The maximum atomic E-state index is 12.4. The summed E-state index contributed by atoms with van der Waals surface area (Å²) < 4.78 is 11.3. The molecule has 2 aromatic rings. The molecule has 0 unspecified atom stereocenters. The van der Waals surface area contributed by atoms with Gasteiger partial charge in [0.15, 0.2) is 0 Å². The van der Waals surface area contributed by atoms with Gasteiger partial charge in [-0.25, -0.2) is 4.98 Å². The Morgan fingerprint density at radius 3 is 3.13 bits per heavy atom. The molecule has 1 aromatic heterocycles. The fourth-order valence-electron chi connectivity index (χ4n) is 2.99. The lowest BCUT2D eigenvalue weighted by Gasteiger charge is -2.25. The fraction of sp³-hybridized carbons (Fsp3) is 0.412. The number of fused-ring (bicyclic) bond motifs is 1. The third kappa shape index (κ3) is 3.09. The first-order valence-electron chi connectivity index (χ1n) is 7.88. The van der Waals surface area contributed by atoms with Crippen molar-refractivity contribution in [2.45, 2.75) is 31.4 Å². The molecule has 0 bridgehead atoms. The predicted octanol–water partition coefficient (Wildman–Crippen LogP) is 2.73. The molecule has 0 spiro atoms. The number of carbonyl (C=O) groups excluding carboxylic acids is 1. The van der Waals surface area contributed by atoms with E-state index in [9.17, 15) is 4.79 Å². The molecule has 0 radical (unpaired) electrons. The van der Waals surface area contributed by atoms with Crippen molar-refractivity contribution in [3.05, 3.63) is 45.9 Å². The first kappa shape index (κ1) is 14.7. The molecule has 4 rings (SSSR count). The summed E-state index contributed by atoms with van der Waals surface area (Å²) >= 11 is 1.50. The van der Waals surface area contributed by atoms with Crippen LogP contribution in [-0.2, 0) is 11.2 Å². The molecule has 1 N–H and O–H groups in total. The van der Waals surface area contributed by atoms with Crippen LogP contribution in [0.4, 0.5) is 0 Å². The van der Waals surface area contributed by atoms with Crippen molar-refractivity contribution in [3.63, 3.8) is 0 Å². The van der Waals surface area contributed by atoms with Crippen LogP contribution >= 0.6 is 11.3 Å². The second kappa shape index (κ2) is 6.29. The van der Waals surface area contributed by atoms with Crippen LogP contribution in [0.2, 0.25) is 0 Å². The Morgan fingerprint density at radius 2 is 2.26 bits per heavy atom. The lowest BCUT2D eigenvalue weighted by Crippen LogP contribution is -2.42. The first-order valence-corrected chi connectivity index (χ1v) is 8.76. The van der Waals surface area contributed by atoms with Crippen LogP contribution in [-0.4, -0.2) is 30.1 Å². The van der Waals surface area contributed by atoms with Crippen LogP contribution in [0.1, 0.15) is 40.0 Å². The van der Waals surface area contributed by atoms with Gasteiger partial charge in [0, 0.05) is 12.0 Å². The Bertz CT molecular complexity index is 709. The molecule has 0 saturated carbocycles. The summed E-state index contributed by atoms with van der Waals surface area (Å²) in [5, 5.41) is 5.73. The summed E-state index contributed by atoms with van der Waals surface area (Å²) in [4.78, 5) is 16.8. The summed E-state index contributed by atoms with van der Waals surface area (Å²) in [6.07, 6.45) is 2.89. The highest BCUT2D eigenvalue weighted by atomic mass is 32.1. The Balaban J connectivity index is 1.40. The van der Waals surface area contributed by atoms with Crippen molar-refractivity contribution in [3.8, 4) is 5.75 Å². The highest BCUT2D eigenvalue weighted by Crippen LogP contribution is 2.30. The molecule has 3 heterocycles. The largest absolute Gasteiger partial charge is 0.491 e. The molecule has 2 atom stereocenters. The monoisotopic (exact) mass is 330 g/mol. The molecule has 120 valence electrons. The number of rotatable bonds is 3. The molecule has 2 aliphatic heterocycles. The topological polar surface area (TPSA) is 60.5 Å². The summed E-state index contributed by atoms with van der Waals surface area (Å²) in [7, 11) is 0. The standard InChI is InChI=1S/C17H18N2O3S/c20-16(13-10-23-17(19-13)15-6-3-7-21-15)18-12-8-11-4-1-2-5-14(11)22-9-12/h1-2,4-5,10,12,15H,3,6-9H2,(H,18,20)/t12-,15+/m0/s1. The van der Waals surface area contributed by atoms with Crippen molar-refractivity contribution in [2.24, 2.45) is 0 Å². The van der Waals surface area contributed by atoms with E-state index >= 15 is 0 Å². The van der Waals surface area contributed by atoms with Crippen LogP contribution in [0.25, 0.3) is 0 Å². The molecule has 5 nitrogen and oxygen atoms in total. The number of nitrogens with one attached hydrogen (secondary N) is 1. The lowest BCUT2D eigenvalue weighted by molar-refractivity contribution is 0.0908. The van der Waals surface area contributed by atoms with Crippen LogP contribution in [0.3, 0.4) is 0 Å². The lowest BCUT2D eigenvalue weighted by atomic mass is 10.0. The number of carbonyl (C=O) groups is 1. The Hall–Kier alpha value is -1.92. The second-order valence-electron chi connectivity index (χ2n) is 5.87. The van der Waals surface area contributed by atoms with E-state index in [0.717, 1.165) is 42.2 Å². The second-order valence-corrected chi connectivity index (χ2v) is 6.76. The van der Waals surface area contributed by atoms with Crippen LogP contribution < -0.4 is 10.1 Å². The molecule has 6 heteroatoms. The van der Waals surface area contributed by atoms with E-state index in [-0.39, 0.29) is 18.1 Å². The molecular formula is C17H18N2O3S. The van der Waals surface area contributed by atoms with Gasteiger partial charge < -0.3 is 14.8 Å². The van der Waals surface area contributed by atoms with Crippen molar-refractivity contribution >= 4 is 17.2 Å². The third-order valence-corrected chi connectivity index (χ3v) is 5.11. The summed E-state index contributed by atoms with van der Waals surface area (Å²) in [5.74, 6) is 0.769. The minimum absolute atomic E-state index is 0.0229. The number of para-hydroxylation sites is 1. The number of hydrogen-bond donors (Lipinski definition) is 1. The van der Waals surface area contributed by atoms with Gasteiger partial charge >= 0.3 is 0 Å². The number of benzene rings is 1. The number of ether oxygens (including phenoxy) is 2. The van der Waals surface area contributed by atoms with Gasteiger partial charge in [-0.2, -0.15) is 0 Å². The quantitative estimate of drug-likeness (QED) is 0.940. The molecule has 0 aliphatic carbocycles. The van der Waals surface area contributed by atoms with Crippen LogP contribution in [0.15, 0.2) is 29.6 Å². The number of amides is 1. The number of aromatic nitrogens is 1. The molecule has 1 amide bonds. The van der Waals surface area contributed by atoms with Gasteiger partial charge in [-0.15, -0.1) is 11.3 Å². The Morgan fingerprint density at radius 1 is 1.35 bits per heavy atom. The Labute approximate surface area is 138 Å². The number of nitrogens with zero attached hydrogens (tertiary/aromatic N) is 1. The van der Waals surface area contributed by atoms with Gasteiger partial charge in [0.1, 0.15) is 29.2 Å². The summed E-state index contributed by atoms with van der Waals surface area (Å²) in [5.41, 5.74) is 1.60. The van der Waals surface area contributed by atoms with E-state index in [2.05, 4.69) is 10.3 Å². The van der Waals surface area contributed by atoms with Crippen LogP contribution in [0.5, 0.6) is 5.75 Å². The SMILES string of the molecule is O=C(N[C@@H]1COc2ccccc2C1)c1csc([C@H]2CCCO2)n1. The third-order valence-electron chi connectivity index (χ3n) is 4.17. The van der Waals surface area contributed by atoms with Gasteiger partial charge in [-0.1, -0.05) is 18.2 Å². The van der Waals surface area contributed by atoms with Gasteiger partial charge in [-0.05, 0) is 30.9 Å². The van der Waals surface area contributed by atoms with E-state index in [1.807, 2.05) is 29.6 Å². The van der Waals surface area contributed by atoms with Crippen LogP contribution in [0, 0.1) is 0 Å². The van der Waals surface area contributed by atoms with Crippen molar-refractivity contribution in [2.75, 3.05) is 13.2 Å². The highest BCUT2D eigenvalue weighted by molar-refractivity contribution is 7.09. The predicted molar refractivity (Wildman–Crippen MR) is 86.9 cm³/mol. The van der Waals surface area contributed by atoms with E-state index < -0.39 is 0 Å². The maximum absolute atomic E-state index is 12.4. The minimum atomic E-state index is -0.140. The molecule has 23 heavy (non-hydrogen) atoms. The number of thiazole rings is 1. The van der Waals surface area contributed by atoms with Gasteiger partial charge in [-0.3, -0.25) is 4.79 Å². The Kier molecular flexibility index (Phi) is 4.01. The first-order chi connectivity index (χ1) is 11.3. The van der Waals surface area contributed by atoms with Crippen molar-refractivity contribution in [1.29, 1.82) is 0 Å². The average molecular weight is 330 g/mol. The zero-order chi connectivity index (χ0) is 15.6. The van der Waals surface area contributed by atoms with Crippen molar-refractivity contribution in [1.82, 2.24) is 10.3 Å².